The summed E-state index contributed by atoms with van der Waals surface area (Å²) in [7, 11) is 0. The third kappa shape index (κ3) is 4.27. The van der Waals surface area contributed by atoms with Crippen LogP contribution >= 0.6 is 11.8 Å². The highest BCUT2D eigenvalue weighted by molar-refractivity contribution is 7.99. The second-order valence-corrected chi connectivity index (χ2v) is 7.01. The van der Waals surface area contributed by atoms with E-state index in [2.05, 4.69) is 20.3 Å². The van der Waals surface area contributed by atoms with Crippen molar-refractivity contribution in [3.05, 3.63) is 96.8 Å². The maximum absolute atomic E-state index is 12.7. The fourth-order valence-corrected chi connectivity index (χ4v) is 3.49. The molecule has 0 unspecified atom stereocenters. The van der Waals surface area contributed by atoms with E-state index in [1.54, 1.807) is 37.1 Å². The lowest BCUT2D eigenvalue weighted by Gasteiger charge is -2.09. The molecular formula is C21H17N5OS. The van der Waals surface area contributed by atoms with Gasteiger partial charge in [-0.15, -0.1) is 0 Å². The molecule has 0 fully saturated rings. The fraction of sp³-hybridized carbons (Fsp3) is 0.0476. The molecule has 0 aliphatic heterocycles. The van der Waals surface area contributed by atoms with Crippen LogP contribution in [0.2, 0.25) is 0 Å². The molecule has 1 amide bonds. The van der Waals surface area contributed by atoms with Crippen LogP contribution in [0.25, 0.3) is 5.82 Å². The Labute approximate surface area is 166 Å². The number of hydrogen-bond donors (Lipinski definition) is 1. The lowest BCUT2D eigenvalue weighted by Crippen LogP contribution is -2.23. The van der Waals surface area contributed by atoms with Gasteiger partial charge in [0.15, 0.2) is 0 Å². The lowest BCUT2D eigenvalue weighted by atomic mass is 10.2. The lowest BCUT2D eigenvalue weighted by molar-refractivity contribution is 0.0947. The summed E-state index contributed by atoms with van der Waals surface area (Å²) in [6, 6.07) is 17.3. The second-order valence-electron chi connectivity index (χ2n) is 5.95. The molecule has 4 aromatic rings. The number of aromatic nitrogens is 4. The Morgan fingerprint density at radius 3 is 2.64 bits per heavy atom. The van der Waals surface area contributed by atoms with Gasteiger partial charge >= 0.3 is 0 Å². The molecule has 0 aliphatic carbocycles. The van der Waals surface area contributed by atoms with Gasteiger partial charge in [0, 0.05) is 36.2 Å². The van der Waals surface area contributed by atoms with Crippen molar-refractivity contribution in [1.82, 2.24) is 24.8 Å². The van der Waals surface area contributed by atoms with E-state index in [4.69, 9.17) is 0 Å². The van der Waals surface area contributed by atoms with Gasteiger partial charge in [0.25, 0.3) is 5.91 Å². The van der Waals surface area contributed by atoms with E-state index in [-0.39, 0.29) is 5.91 Å². The van der Waals surface area contributed by atoms with E-state index in [0.717, 1.165) is 16.3 Å². The highest BCUT2D eigenvalue weighted by Crippen LogP contribution is 2.28. The van der Waals surface area contributed by atoms with Gasteiger partial charge in [0.1, 0.15) is 17.2 Å². The van der Waals surface area contributed by atoms with Crippen LogP contribution in [0.1, 0.15) is 15.9 Å². The molecule has 138 valence electrons. The highest BCUT2D eigenvalue weighted by atomic mass is 32.2. The van der Waals surface area contributed by atoms with Gasteiger partial charge in [-0.25, -0.2) is 15.0 Å². The van der Waals surface area contributed by atoms with Gasteiger partial charge in [-0.3, -0.25) is 9.36 Å². The molecule has 0 atom stereocenters. The molecule has 1 N–H and O–H groups in total. The van der Waals surface area contributed by atoms with Crippen molar-refractivity contribution in [2.24, 2.45) is 0 Å². The van der Waals surface area contributed by atoms with E-state index >= 15 is 0 Å². The number of nitrogens with zero attached hydrogens (tertiary/aromatic N) is 4. The van der Waals surface area contributed by atoms with Crippen LogP contribution in [0.4, 0.5) is 0 Å². The number of imidazole rings is 1. The highest BCUT2D eigenvalue weighted by Gasteiger charge is 2.13. The number of benzene rings is 1. The zero-order valence-corrected chi connectivity index (χ0v) is 15.7. The third-order valence-corrected chi connectivity index (χ3v) is 5.03. The summed E-state index contributed by atoms with van der Waals surface area (Å²) in [6.45, 7) is 0.389. The summed E-state index contributed by atoms with van der Waals surface area (Å²) in [5, 5.41) is 3.62. The number of amides is 1. The van der Waals surface area contributed by atoms with Crippen molar-refractivity contribution in [2.45, 2.75) is 16.5 Å². The van der Waals surface area contributed by atoms with Crippen molar-refractivity contribution < 1.29 is 4.79 Å². The summed E-state index contributed by atoms with van der Waals surface area (Å²) in [5.41, 5.74) is 1.47. The molecule has 1 aromatic carbocycles. The molecule has 28 heavy (non-hydrogen) atoms. The quantitative estimate of drug-likeness (QED) is 0.546. The van der Waals surface area contributed by atoms with E-state index in [0.29, 0.717) is 17.1 Å². The van der Waals surface area contributed by atoms with Crippen LogP contribution in [-0.2, 0) is 6.54 Å². The summed E-state index contributed by atoms with van der Waals surface area (Å²) < 4.78 is 1.82. The standard InChI is InChI=1S/C21H17N5OS/c27-20(18-7-4-10-23-21(18)28-17-5-2-1-3-6-17)25-14-16-8-9-19(24-13-16)26-12-11-22-15-26/h1-13,15H,14H2,(H,25,27). The Hall–Kier alpha value is -3.45. The number of pyridine rings is 2. The summed E-state index contributed by atoms with van der Waals surface area (Å²) in [4.78, 5) is 26.5. The van der Waals surface area contributed by atoms with E-state index in [1.165, 1.54) is 11.8 Å². The fourth-order valence-electron chi connectivity index (χ4n) is 2.59. The van der Waals surface area contributed by atoms with Crippen LogP contribution in [0, 0.1) is 0 Å². The SMILES string of the molecule is O=C(NCc1ccc(-n2ccnc2)nc1)c1cccnc1Sc1ccccc1. The predicted octanol–water partition coefficient (Wildman–Crippen LogP) is 3.74. The van der Waals surface area contributed by atoms with Crippen molar-refractivity contribution in [3.63, 3.8) is 0 Å². The topological polar surface area (TPSA) is 72.7 Å². The Morgan fingerprint density at radius 1 is 1.00 bits per heavy atom. The number of carbonyl (C=O) groups excluding carboxylic acids is 1. The molecule has 0 aliphatic rings. The van der Waals surface area contributed by atoms with Crippen LogP contribution in [0.5, 0.6) is 0 Å². The minimum atomic E-state index is -0.162. The molecule has 0 bridgehead atoms. The number of hydrogen-bond acceptors (Lipinski definition) is 5. The van der Waals surface area contributed by atoms with Gasteiger partial charge in [-0.2, -0.15) is 0 Å². The maximum Gasteiger partial charge on any atom is 0.254 e. The Balaban J connectivity index is 1.43. The summed E-state index contributed by atoms with van der Waals surface area (Å²) >= 11 is 1.47. The molecule has 3 heterocycles. The first-order valence-corrected chi connectivity index (χ1v) is 9.50. The van der Waals surface area contributed by atoms with Crippen LogP contribution in [0.3, 0.4) is 0 Å². The molecule has 6 nitrogen and oxygen atoms in total. The first-order valence-electron chi connectivity index (χ1n) is 8.69. The number of carbonyl (C=O) groups is 1. The Kier molecular flexibility index (Phi) is 5.44. The summed E-state index contributed by atoms with van der Waals surface area (Å²) in [5.74, 6) is 0.617. The van der Waals surface area contributed by atoms with Crippen molar-refractivity contribution >= 4 is 17.7 Å². The van der Waals surface area contributed by atoms with Gasteiger partial charge in [0.2, 0.25) is 0 Å². The summed E-state index contributed by atoms with van der Waals surface area (Å²) in [6.07, 6.45) is 8.67. The van der Waals surface area contributed by atoms with E-state index in [9.17, 15) is 4.79 Å². The predicted molar refractivity (Wildman–Crippen MR) is 107 cm³/mol. The van der Waals surface area contributed by atoms with Crippen molar-refractivity contribution in [1.29, 1.82) is 0 Å². The monoisotopic (exact) mass is 387 g/mol. The zero-order valence-electron chi connectivity index (χ0n) is 14.9. The molecule has 4 rings (SSSR count). The van der Waals surface area contributed by atoms with Crippen molar-refractivity contribution in [3.8, 4) is 5.82 Å². The smallest absolute Gasteiger partial charge is 0.254 e. The average molecular weight is 387 g/mol. The van der Waals surface area contributed by atoms with Crippen molar-refractivity contribution in [2.75, 3.05) is 0 Å². The largest absolute Gasteiger partial charge is 0.348 e. The first kappa shape index (κ1) is 17.9. The van der Waals surface area contributed by atoms with E-state index < -0.39 is 0 Å². The van der Waals surface area contributed by atoms with Gasteiger partial charge in [-0.05, 0) is 35.9 Å². The Bertz CT molecular complexity index is 1050. The molecular weight excluding hydrogens is 370 g/mol. The molecule has 0 saturated carbocycles. The molecule has 0 spiro atoms. The molecule has 7 heteroatoms. The second kappa shape index (κ2) is 8.49. The van der Waals surface area contributed by atoms with Crippen LogP contribution < -0.4 is 5.32 Å². The normalized spacial score (nSPS) is 10.6. The zero-order chi connectivity index (χ0) is 19.2. The minimum absolute atomic E-state index is 0.162. The first-order chi connectivity index (χ1) is 13.8. The third-order valence-electron chi connectivity index (χ3n) is 4.00. The number of rotatable bonds is 6. The maximum atomic E-state index is 12.7. The van der Waals surface area contributed by atoms with E-state index in [1.807, 2.05) is 53.2 Å². The van der Waals surface area contributed by atoms with Crippen LogP contribution in [0.15, 0.2) is 95.6 Å². The number of nitrogens with one attached hydrogen (secondary N) is 1. The van der Waals surface area contributed by atoms with Crippen LogP contribution in [-0.4, -0.2) is 25.4 Å². The minimum Gasteiger partial charge on any atom is -0.348 e. The Morgan fingerprint density at radius 2 is 1.89 bits per heavy atom. The van der Waals surface area contributed by atoms with Gasteiger partial charge in [-0.1, -0.05) is 36.0 Å². The average Bonchev–Trinajstić information content (AvgIpc) is 3.28. The van der Waals surface area contributed by atoms with Gasteiger partial charge in [0.05, 0.1) is 5.56 Å². The molecule has 3 aromatic heterocycles. The van der Waals surface area contributed by atoms with Gasteiger partial charge < -0.3 is 5.32 Å². The molecule has 0 saturated heterocycles. The molecule has 0 radical (unpaired) electrons.